The van der Waals surface area contributed by atoms with Crippen molar-refractivity contribution in [3.05, 3.63) is 64.9 Å². The molecule has 0 spiro atoms. The first-order valence-electron chi connectivity index (χ1n) is 11.6. The molecule has 0 aliphatic rings. The average molecular weight is 460 g/mol. The van der Waals surface area contributed by atoms with Crippen LogP contribution in [-0.2, 0) is 16.0 Å². The van der Waals surface area contributed by atoms with Gasteiger partial charge in [0, 0.05) is 55.3 Å². The van der Waals surface area contributed by atoms with E-state index in [1.54, 1.807) is 12.4 Å². The van der Waals surface area contributed by atoms with Crippen LogP contribution in [0.4, 0.5) is 4.39 Å². The van der Waals surface area contributed by atoms with Gasteiger partial charge in [-0.15, -0.1) is 0 Å². The number of aromatic amines is 1. The van der Waals surface area contributed by atoms with Crippen molar-refractivity contribution in [3.63, 3.8) is 0 Å². The lowest BCUT2D eigenvalue weighted by Crippen LogP contribution is -2.17. The molecule has 182 valence electrons. The highest BCUT2D eigenvalue weighted by Gasteiger charge is 2.18. The molecule has 0 unspecified atom stereocenters. The topological polar surface area (TPSA) is 74.7 Å². The van der Waals surface area contributed by atoms with Crippen LogP contribution >= 0.6 is 0 Å². The number of hydrogen-bond acceptors (Lipinski definition) is 4. The second-order valence-electron chi connectivity index (χ2n) is 8.41. The second-order valence-corrected chi connectivity index (χ2v) is 8.41. The van der Waals surface area contributed by atoms with E-state index in [1.165, 1.54) is 23.6 Å². The summed E-state index contributed by atoms with van der Waals surface area (Å²) in [5.74, 6) is 0.179. The average Bonchev–Trinajstić information content (AvgIpc) is 3.14. The van der Waals surface area contributed by atoms with Gasteiger partial charge in [-0.25, -0.2) is 4.39 Å². The minimum atomic E-state index is -0.434. The Hall–Kier alpha value is -2.96. The molecule has 0 saturated carbocycles. The van der Waals surface area contributed by atoms with Gasteiger partial charge in [-0.1, -0.05) is 33.3 Å². The van der Waals surface area contributed by atoms with Gasteiger partial charge in [-0.3, -0.25) is 9.59 Å². The standard InChI is InChI=1S/C14H25NO.C12H13FN2O2/c1-6-9-13(10-7-2)14(16)12(4)11-15(5)8-3;1-8(16)3-2-4-10-7-15-6-9(13)5-11(15)12(17)14-10/h8,11,13H,3,6-7,9-10H2,1-2,4-5H3;5-7H,2-4H2,1H3,(H,14,17)/b12-11+;. The van der Waals surface area contributed by atoms with Crippen LogP contribution in [0, 0.1) is 11.7 Å². The Morgan fingerprint density at radius 2 is 1.85 bits per heavy atom. The van der Waals surface area contributed by atoms with Gasteiger partial charge in [0.05, 0.1) is 0 Å². The highest BCUT2D eigenvalue weighted by molar-refractivity contribution is 5.96. The fraction of sp³-hybridized carbons (Fsp3) is 0.500. The van der Waals surface area contributed by atoms with Gasteiger partial charge >= 0.3 is 0 Å². The predicted octanol–water partition coefficient (Wildman–Crippen LogP) is 5.43. The van der Waals surface area contributed by atoms with E-state index >= 15 is 0 Å². The molecule has 0 aliphatic carbocycles. The zero-order chi connectivity index (χ0) is 25.0. The summed E-state index contributed by atoms with van der Waals surface area (Å²) in [5.41, 5.74) is 1.51. The molecule has 0 radical (unpaired) electrons. The summed E-state index contributed by atoms with van der Waals surface area (Å²) in [4.78, 5) is 39.0. The summed E-state index contributed by atoms with van der Waals surface area (Å²) in [7, 11) is 1.89. The quantitative estimate of drug-likeness (QED) is 0.430. The van der Waals surface area contributed by atoms with E-state index in [1.807, 2.05) is 25.1 Å². The first-order valence-corrected chi connectivity index (χ1v) is 11.6. The number of fused-ring (bicyclic) bond motifs is 1. The molecular formula is C26H38FN3O3. The van der Waals surface area contributed by atoms with Gasteiger partial charge in [0.25, 0.3) is 5.56 Å². The number of nitrogens with one attached hydrogen (secondary N) is 1. The molecule has 0 aromatic carbocycles. The number of ketones is 2. The number of nitrogens with zero attached hydrogens (tertiary/aromatic N) is 2. The van der Waals surface area contributed by atoms with E-state index < -0.39 is 5.82 Å². The molecule has 0 fully saturated rings. The fourth-order valence-electron chi connectivity index (χ4n) is 3.65. The number of H-pyrrole nitrogens is 1. The summed E-state index contributed by atoms with van der Waals surface area (Å²) in [5, 5.41) is 0. The Morgan fingerprint density at radius 3 is 2.39 bits per heavy atom. The number of halogens is 1. The molecule has 0 bridgehead atoms. The first-order chi connectivity index (χ1) is 15.6. The summed E-state index contributed by atoms with van der Waals surface area (Å²) >= 11 is 0. The number of allylic oxidation sites excluding steroid dienone is 1. The minimum absolute atomic E-state index is 0.125. The lowest BCUT2D eigenvalue weighted by Gasteiger charge is -2.15. The SMILES string of the molecule is C=CN(C)/C=C(\C)C(=O)C(CCC)CCC.CC(=O)CCCc1cn2cc(F)cc2c(=O)[nH]1. The van der Waals surface area contributed by atoms with Crippen LogP contribution < -0.4 is 5.56 Å². The van der Waals surface area contributed by atoms with E-state index in [9.17, 15) is 18.8 Å². The third-order valence-electron chi connectivity index (χ3n) is 5.31. The van der Waals surface area contributed by atoms with Gasteiger partial charge in [0.1, 0.15) is 17.1 Å². The van der Waals surface area contributed by atoms with Crippen molar-refractivity contribution >= 4 is 17.1 Å². The molecule has 2 rings (SSSR count). The largest absolute Gasteiger partial charge is 0.357 e. The van der Waals surface area contributed by atoms with Crippen LogP contribution in [0.2, 0.25) is 0 Å². The maximum atomic E-state index is 13.0. The smallest absolute Gasteiger partial charge is 0.272 e. The molecule has 6 nitrogen and oxygen atoms in total. The van der Waals surface area contributed by atoms with Gasteiger partial charge in [0.2, 0.25) is 0 Å². The Bertz CT molecular complexity index is 1010. The van der Waals surface area contributed by atoms with Gasteiger partial charge in [0.15, 0.2) is 5.78 Å². The highest BCUT2D eigenvalue weighted by atomic mass is 19.1. The molecule has 7 heteroatoms. The number of carbonyl (C=O) groups excluding carboxylic acids is 2. The number of aryl methyl sites for hydroxylation is 1. The lowest BCUT2D eigenvalue weighted by molar-refractivity contribution is -0.119. The van der Waals surface area contributed by atoms with Crippen molar-refractivity contribution < 1.29 is 14.0 Å². The molecule has 2 aromatic rings. The maximum absolute atomic E-state index is 13.0. The Balaban J connectivity index is 0.000000331. The van der Waals surface area contributed by atoms with Crippen molar-refractivity contribution in [1.29, 1.82) is 0 Å². The molecule has 33 heavy (non-hydrogen) atoms. The number of aromatic nitrogens is 2. The number of rotatable bonds is 12. The van der Waals surface area contributed by atoms with Crippen molar-refractivity contribution in [3.8, 4) is 0 Å². The lowest BCUT2D eigenvalue weighted by atomic mass is 9.90. The fourth-order valence-corrected chi connectivity index (χ4v) is 3.65. The van der Waals surface area contributed by atoms with E-state index in [-0.39, 0.29) is 28.6 Å². The van der Waals surface area contributed by atoms with E-state index in [4.69, 9.17) is 0 Å². The summed E-state index contributed by atoms with van der Waals surface area (Å²) in [6.45, 7) is 11.3. The van der Waals surface area contributed by atoms with Crippen molar-refractivity contribution in [2.45, 2.75) is 72.6 Å². The van der Waals surface area contributed by atoms with Crippen LogP contribution in [0.15, 0.2) is 47.8 Å². The second kappa shape index (κ2) is 14.2. The summed E-state index contributed by atoms with van der Waals surface area (Å²) in [6.07, 6.45) is 12.4. The number of Topliss-reactive ketones (excluding diaryl/α,β-unsaturated/α-hetero) is 2. The predicted molar refractivity (Wildman–Crippen MR) is 132 cm³/mol. The molecule has 2 aromatic heterocycles. The molecule has 0 atom stereocenters. The third kappa shape index (κ3) is 9.60. The molecule has 1 N–H and O–H groups in total. The highest BCUT2D eigenvalue weighted by Crippen LogP contribution is 2.18. The van der Waals surface area contributed by atoms with E-state index in [0.29, 0.717) is 25.0 Å². The Morgan fingerprint density at radius 1 is 1.21 bits per heavy atom. The zero-order valence-corrected chi connectivity index (χ0v) is 20.6. The maximum Gasteiger partial charge on any atom is 0.272 e. The van der Waals surface area contributed by atoms with Gasteiger partial charge in [-0.2, -0.15) is 0 Å². The monoisotopic (exact) mass is 459 g/mol. The van der Waals surface area contributed by atoms with E-state index in [0.717, 1.165) is 31.3 Å². The van der Waals surface area contributed by atoms with Crippen LogP contribution in [0.25, 0.3) is 5.52 Å². The summed E-state index contributed by atoms with van der Waals surface area (Å²) in [6, 6.07) is 1.19. The number of hydrogen-bond donors (Lipinski definition) is 1. The third-order valence-corrected chi connectivity index (χ3v) is 5.31. The zero-order valence-electron chi connectivity index (χ0n) is 20.6. The van der Waals surface area contributed by atoms with Crippen molar-refractivity contribution in [2.24, 2.45) is 5.92 Å². The Kier molecular flexibility index (Phi) is 12.1. The molecule has 0 saturated heterocycles. The van der Waals surface area contributed by atoms with Crippen LogP contribution in [-0.4, -0.2) is 32.9 Å². The normalized spacial score (nSPS) is 11.3. The van der Waals surface area contributed by atoms with Gasteiger partial charge in [-0.05, 0) is 45.7 Å². The molecule has 2 heterocycles. The Labute approximate surface area is 196 Å². The summed E-state index contributed by atoms with van der Waals surface area (Å²) < 4.78 is 14.4. The van der Waals surface area contributed by atoms with Crippen LogP contribution in [0.1, 0.15) is 71.9 Å². The van der Waals surface area contributed by atoms with Crippen molar-refractivity contribution in [1.82, 2.24) is 14.3 Å². The first kappa shape index (κ1) is 28.1. The molecular weight excluding hydrogens is 421 g/mol. The molecule has 0 aliphatic heterocycles. The minimum Gasteiger partial charge on any atom is -0.357 e. The van der Waals surface area contributed by atoms with Crippen molar-refractivity contribution in [2.75, 3.05) is 7.05 Å². The van der Waals surface area contributed by atoms with Gasteiger partial charge < -0.3 is 19.1 Å². The van der Waals surface area contributed by atoms with E-state index in [2.05, 4.69) is 25.4 Å². The van der Waals surface area contributed by atoms with Crippen LogP contribution in [0.3, 0.4) is 0 Å². The number of carbonyl (C=O) groups is 2. The van der Waals surface area contributed by atoms with Crippen LogP contribution in [0.5, 0.6) is 0 Å². The molecule has 0 amide bonds.